The molecule has 17 heavy (non-hydrogen) atoms. The summed E-state index contributed by atoms with van der Waals surface area (Å²) in [5.74, 6) is 0.625. The van der Waals surface area contributed by atoms with E-state index >= 15 is 0 Å². The van der Waals surface area contributed by atoms with E-state index in [1.807, 2.05) is 20.8 Å². The Labute approximate surface area is 113 Å². The summed E-state index contributed by atoms with van der Waals surface area (Å²) in [6.07, 6.45) is 7.01. The van der Waals surface area contributed by atoms with E-state index in [2.05, 4.69) is 26.5 Å². The van der Waals surface area contributed by atoms with Gasteiger partial charge in [0.2, 0.25) is 0 Å². The molecule has 0 radical (unpaired) electrons. The lowest BCUT2D eigenvalue weighted by Gasteiger charge is -2.21. The predicted molar refractivity (Wildman–Crippen MR) is 77.8 cm³/mol. The van der Waals surface area contributed by atoms with Gasteiger partial charge in [0.25, 0.3) is 0 Å². The first-order chi connectivity index (χ1) is 8.00. The smallest absolute Gasteiger partial charge is 0.163 e. The fraction of sp³-hybridized carbons (Fsp3) is 1.00. The molecule has 104 valence electrons. The molecule has 2 unspecified atom stereocenters. The van der Waals surface area contributed by atoms with Gasteiger partial charge in [0, 0.05) is 0 Å². The van der Waals surface area contributed by atoms with Gasteiger partial charge in [-0.3, -0.25) is 0 Å². The van der Waals surface area contributed by atoms with Gasteiger partial charge in [-0.05, 0) is 32.4 Å². The van der Waals surface area contributed by atoms with Crippen molar-refractivity contribution in [2.24, 2.45) is 0 Å². The van der Waals surface area contributed by atoms with Gasteiger partial charge in [0.15, 0.2) is 5.79 Å². The topological polar surface area (TPSA) is 18.5 Å². The van der Waals surface area contributed by atoms with E-state index in [4.69, 9.17) is 9.47 Å². The summed E-state index contributed by atoms with van der Waals surface area (Å²) in [5, 5.41) is 0. The number of rotatable bonds is 0. The first-order valence-electron chi connectivity index (χ1n) is 6.97. The summed E-state index contributed by atoms with van der Waals surface area (Å²) in [7, 11) is 0. The number of hydrogen-bond donors (Lipinski definition) is 1. The summed E-state index contributed by atoms with van der Waals surface area (Å²) in [5.41, 5.74) is 0. The lowest BCUT2D eigenvalue weighted by atomic mass is 9.95. The van der Waals surface area contributed by atoms with Crippen LogP contribution < -0.4 is 0 Å². The van der Waals surface area contributed by atoms with Gasteiger partial charge in [-0.25, -0.2) is 0 Å². The van der Waals surface area contributed by atoms with E-state index in [0.29, 0.717) is 12.2 Å². The maximum absolute atomic E-state index is 5.73. The van der Waals surface area contributed by atoms with Crippen molar-refractivity contribution >= 4 is 12.6 Å². The van der Waals surface area contributed by atoms with Crippen molar-refractivity contribution in [2.75, 3.05) is 5.75 Å². The molecule has 2 atom stereocenters. The molecule has 2 aliphatic rings. The van der Waals surface area contributed by atoms with Crippen LogP contribution >= 0.6 is 12.6 Å². The van der Waals surface area contributed by atoms with E-state index in [0.717, 1.165) is 5.75 Å². The quantitative estimate of drug-likeness (QED) is 0.651. The highest BCUT2D eigenvalue weighted by molar-refractivity contribution is 7.80. The van der Waals surface area contributed by atoms with Gasteiger partial charge in [0.05, 0.1) is 12.2 Å². The highest BCUT2D eigenvalue weighted by atomic mass is 32.1. The minimum Gasteiger partial charge on any atom is -0.345 e. The minimum atomic E-state index is -0.320. The van der Waals surface area contributed by atoms with Gasteiger partial charge in [-0.2, -0.15) is 12.6 Å². The van der Waals surface area contributed by atoms with Crippen LogP contribution in [0, 0.1) is 0 Å². The molecular weight excluding hydrogens is 232 g/mol. The van der Waals surface area contributed by atoms with Crippen molar-refractivity contribution in [1.82, 2.24) is 0 Å². The molecule has 0 amide bonds. The van der Waals surface area contributed by atoms with Crippen molar-refractivity contribution in [1.29, 1.82) is 0 Å². The Morgan fingerprint density at radius 2 is 1.29 bits per heavy atom. The second kappa shape index (κ2) is 9.23. The molecule has 0 spiro atoms. The molecule has 3 heteroatoms. The number of ether oxygens (including phenoxy) is 2. The monoisotopic (exact) mass is 262 g/mol. The Morgan fingerprint density at radius 3 is 1.59 bits per heavy atom. The van der Waals surface area contributed by atoms with E-state index < -0.39 is 0 Å². The van der Waals surface area contributed by atoms with Gasteiger partial charge in [-0.15, -0.1) is 0 Å². The maximum Gasteiger partial charge on any atom is 0.163 e. The molecule has 1 aliphatic heterocycles. The van der Waals surface area contributed by atoms with E-state index in [1.54, 1.807) is 0 Å². The first kappa shape index (κ1) is 17.3. The zero-order valence-corrected chi connectivity index (χ0v) is 13.1. The molecule has 0 aromatic rings. The van der Waals surface area contributed by atoms with Gasteiger partial charge in [0.1, 0.15) is 0 Å². The van der Waals surface area contributed by atoms with Crippen LogP contribution in [0.5, 0.6) is 0 Å². The number of thiol groups is 1. The van der Waals surface area contributed by atoms with Crippen molar-refractivity contribution in [3.63, 3.8) is 0 Å². The molecule has 0 aromatic heterocycles. The van der Waals surface area contributed by atoms with Crippen LogP contribution in [0.25, 0.3) is 0 Å². The van der Waals surface area contributed by atoms with Crippen molar-refractivity contribution < 1.29 is 9.47 Å². The van der Waals surface area contributed by atoms with E-state index in [9.17, 15) is 0 Å². The molecule has 1 aliphatic carbocycles. The van der Waals surface area contributed by atoms with Crippen LogP contribution in [-0.2, 0) is 9.47 Å². The lowest BCUT2D eigenvalue weighted by molar-refractivity contribution is -0.145. The van der Waals surface area contributed by atoms with Gasteiger partial charge >= 0.3 is 0 Å². The number of hydrogen-bond acceptors (Lipinski definition) is 3. The first-order valence-corrected chi connectivity index (χ1v) is 7.60. The fourth-order valence-corrected chi connectivity index (χ4v) is 2.09. The standard InChI is InChI=1S/C9H16O2.C3H8.C2H6S/c1-9(2)10-7-5-3-4-6-8(7)11-9;1-3-2;1-2-3/h7-8H,3-6H2,1-2H3;3H2,1-2H3;3H,2H2,1H3. The van der Waals surface area contributed by atoms with Crippen LogP contribution in [0.15, 0.2) is 0 Å². The Bertz CT molecular complexity index is 165. The van der Waals surface area contributed by atoms with Crippen molar-refractivity contribution in [3.05, 3.63) is 0 Å². The minimum absolute atomic E-state index is 0.320. The Morgan fingerprint density at radius 1 is 1.00 bits per heavy atom. The molecule has 1 saturated heterocycles. The molecule has 0 N–H and O–H groups in total. The Hall–Kier alpha value is 0.270. The van der Waals surface area contributed by atoms with Crippen molar-refractivity contribution in [2.45, 2.75) is 84.7 Å². The zero-order chi connectivity index (χ0) is 13.3. The Kier molecular flexibility index (Phi) is 9.38. The van der Waals surface area contributed by atoms with Crippen LogP contribution in [0.4, 0.5) is 0 Å². The molecule has 1 saturated carbocycles. The van der Waals surface area contributed by atoms with Gasteiger partial charge in [-0.1, -0.05) is 40.0 Å². The van der Waals surface area contributed by atoms with Crippen LogP contribution in [0.1, 0.15) is 66.7 Å². The summed E-state index contributed by atoms with van der Waals surface area (Å²) in [6.45, 7) is 10.2. The molecule has 2 rings (SSSR count). The highest BCUT2D eigenvalue weighted by Crippen LogP contribution is 2.36. The van der Waals surface area contributed by atoms with Gasteiger partial charge < -0.3 is 9.47 Å². The lowest BCUT2D eigenvalue weighted by Crippen LogP contribution is -2.25. The third kappa shape index (κ3) is 7.32. The van der Waals surface area contributed by atoms with Crippen LogP contribution in [-0.4, -0.2) is 23.7 Å². The molecule has 0 aromatic carbocycles. The maximum atomic E-state index is 5.73. The second-order valence-electron chi connectivity index (χ2n) is 5.02. The zero-order valence-electron chi connectivity index (χ0n) is 12.2. The van der Waals surface area contributed by atoms with Crippen molar-refractivity contribution in [3.8, 4) is 0 Å². The predicted octanol–water partition coefficient (Wildman–Crippen LogP) is 4.43. The second-order valence-corrected chi connectivity index (χ2v) is 5.65. The molecular formula is C14H30O2S. The highest BCUT2D eigenvalue weighted by Gasteiger charge is 2.41. The van der Waals surface area contributed by atoms with Crippen LogP contribution in [0.3, 0.4) is 0 Å². The summed E-state index contributed by atoms with van der Waals surface area (Å²) in [4.78, 5) is 0. The third-order valence-corrected chi connectivity index (χ3v) is 2.51. The van der Waals surface area contributed by atoms with E-state index in [-0.39, 0.29) is 5.79 Å². The summed E-state index contributed by atoms with van der Waals surface area (Å²) < 4.78 is 11.5. The summed E-state index contributed by atoms with van der Waals surface area (Å²) in [6, 6.07) is 0. The molecule has 1 heterocycles. The number of fused-ring (bicyclic) bond motifs is 1. The Balaban J connectivity index is 0.000000366. The SMILES string of the molecule is CC1(C)OC2CCCCC2O1.CCC.CCS. The molecule has 2 fully saturated rings. The molecule has 0 bridgehead atoms. The average molecular weight is 262 g/mol. The van der Waals surface area contributed by atoms with E-state index in [1.165, 1.54) is 32.1 Å². The fourth-order valence-electron chi connectivity index (χ4n) is 2.09. The average Bonchev–Trinajstić information content (AvgIpc) is 2.53. The van der Waals surface area contributed by atoms with Crippen LogP contribution in [0.2, 0.25) is 0 Å². The largest absolute Gasteiger partial charge is 0.345 e. The normalized spacial score (nSPS) is 29.3. The third-order valence-electron chi connectivity index (χ3n) is 2.51. The summed E-state index contributed by atoms with van der Waals surface area (Å²) >= 11 is 3.79. The molecule has 2 nitrogen and oxygen atoms in total.